The quantitative estimate of drug-likeness (QED) is 0.535. The Labute approximate surface area is 169 Å². The van der Waals surface area contributed by atoms with Gasteiger partial charge < -0.3 is 5.32 Å². The number of amides is 1. The third-order valence-corrected chi connectivity index (χ3v) is 4.22. The molecule has 0 saturated carbocycles. The summed E-state index contributed by atoms with van der Waals surface area (Å²) in [5.41, 5.74) is 0.414. The van der Waals surface area contributed by atoms with Crippen LogP contribution in [0.3, 0.4) is 0 Å². The predicted molar refractivity (Wildman–Crippen MR) is 104 cm³/mol. The van der Waals surface area contributed by atoms with Gasteiger partial charge in [0, 0.05) is 23.5 Å². The first kappa shape index (κ1) is 19.3. The van der Waals surface area contributed by atoms with Crippen molar-refractivity contribution in [3.8, 4) is 17.1 Å². The molecular weight excluding hydrogens is 395 g/mol. The fourth-order valence-corrected chi connectivity index (χ4v) is 2.79. The first-order valence-electron chi connectivity index (χ1n) is 8.82. The molecule has 4 rings (SSSR count). The molecule has 3 heterocycles. The number of nitrogens with zero attached hydrogens (tertiary/aromatic N) is 4. The minimum atomic E-state index is -4.63. The van der Waals surface area contributed by atoms with Gasteiger partial charge in [-0.3, -0.25) is 9.78 Å². The van der Waals surface area contributed by atoms with Gasteiger partial charge in [0.1, 0.15) is 0 Å². The van der Waals surface area contributed by atoms with Gasteiger partial charge >= 0.3 is 6.18 Å². The number of rotatable bonds is 4. The van der Waals surface area contributed by atoms with Gasteiger partial charge in [0.25, 0.3) is 5.91 Å². The molecule has 30 heavy (non-hydrogen) atoms. The largest absolute Gasteiger partial charge is 0.433 e. The summed E-state index contributed by atoms with van der Waals surface area (Å²) in [6.07, 6.45) is -0.394. The molecule has 0 unspecified atom stereocenters. The van der Waals surface area contributed by atoms with E-state index in [0.29, 0.717) is 16.8 Å². The van der Waals surface area contributed by atoms with Crippen LogP contribution < -0.4 is 5.32 Å². The van der Waals surface area contributed by atoms with Crippen molar-refractivity contribution in [3.63, 3.8) is 0 Å². The van der Waals surface area contributed by atoms with Crippen LogP contribution >= 0.6 is 0 Å². The van der Waals surface area contributed by atoms with Crippen LogP contribution in [-0.2, 0) is 6.18 Å². The van der Waals surface area contributed by atoms with Crippen molar-refractivity contribution in [3.05, 3.63) is 90.5 Å². The Bertz CT molecular complexity index is 1160. The zero-order valence-corrected chi connectivity index (χ0v) is 15.3. The van der Waals surface area contributed by atoms with Crippen molar-refractivity contribution in [2.45, 2.75) is 6.18 Å². The van der Waals surface area contributed by atoms with E-state index in [1.165, 1.54) is 30.7 Å². The lowest BCUT2D eigenvalue weighted by Gasteiger charge is -2.10. The first-order valence-corrected chi connectivity index (χ1v) is 8.82. The van der Waals surface area contributed by atoms with Crippen LogP contribution in [0.1, 0.15) is 16.1 Å². The second-order valence-electron chi connectivity index (χ2n) is 6.29. The van der Waals surface area contributed by atoms with Gasteiger partial charge in [-0.15, -0.1) is 0 Å². The van der Waals surface area contributed by atoms with Crippen molar-refractivity contribution < 1.29 is 18.0 Å². The van der Waals surface area contributed by atoms with Crippen molar-refractivity contribution in [2.75, 3.05) is 5.32 Å². The molecule has 0 radical (unpaired) electrons. The van der Waals surface area contributed by atoms with E-state index in [0.717, 1.165) is 10.7 Å². The van der Waals surface area contributed by atoms with E-state index in [-0.39, 0.29) is 17.4 Å². The number of nitrogens with one attached hydrogen (secondary N) is 1. The molecule has 0 aliphatic rings. The average molecular weight is 409 g/mol. The molecule has 150 valence electrons. The van der Waals surface area contributed by atoms with E-state index in [1.807, 2.05) is 0 Å². The molecule has 9 heteroatoms. The Morgan fingerprint density at radius 3 is 2.40 bits per heavy atom. The third kappa shape index (κ3) is 4.04. The normalized spacial score (nSPS) is 11.3. The van der Waals surface area contributed by atoms with E-state index >= 15 is 0 Å². The van der Waals surface area contributed by atoms with Gasteiger partial charge in [0.15, 0.2) is 11.5 Å². The molecule has 1 amide bonds. The second kappa shape index (κ2) is 7.78. The number of carbonyl (C=O) groups is 1. The van der Waals surface area contributed by atoms with Crippen LogP contribution in [0.15, 0.2) is 79.3 Å². The van der Waals surface area contributed by atoms with Gasteiger partial charge in [0.05, 0.1) is 17.6 Å². The number of benzene rings is 1. The molecule has 3 aromatic heterocycles. The number of anilines is 1. The van der Waals surface area contributed by atoms with Crippen LogP contribution in [0.4, 0.5) is 18.9 Å². The fraction of sp³-hybridized carbons (Fsp3) is 0.0476. The Kier molecular flexibility index (Phi) is 5.01. The molecule has 6 nitrogen and oxygen atoms in total. The second-order valence-corrected chi connectivity index (χ2v) is 6.29. The number of halogens is 3. The molecule has 4 aromatic rings. The third-order valence-electron chi connectivity index (χ3n) is 4.22. The van der Waals surface area contributed by atoms with Crippen molar-refractivity contribution in [1.29, 1.82) is 0 Å². The van der Waals surface area contributed by atoms with E-state index in [2.05, 4.69) is 20.4 Å². The van der Waals surface area contributed by atoms with Gasteiger partial charge in [-0.2, -0.15) is 18.3 Å². The number of carbonyl (C=O) groups excluding carboxylic acids is 1. The van der Waals surface area contributed by atoms with Crippen molar-refractivity contribution in [2.24, 2.45) is 0 Å². The van der Waals surface area contributed by atoms with Crippen molar-refractivity contribution >= 4 is 11.6 Å². The summed E-state index contributed by atoms with van der Waals surface area (Å²) in [6.45, 7) is 0. The topological polar surface area (TPSA) is 72.7 Å². The summed E-state index contributed by atoms with van der Waals surface area (Å²) in [7, 11) is 0. The fourth-order valence-electron chi connectivity index (χ4n) is 2.79. The average Bonchev–Trinajstić information content (AvgIpc) is 3.22. The number of hydrogen-bond donors (Lipinski definition) is 1. The summed E-state index contributed by atoms with van der Waals surface area (Å²) >= 11 is 0. The molecule has 0 atom stereocenters. The molecule has 0 spiro atoms. The number of alkyl halides is 3. The highest BCUT2D eigenvalue weighted by molar-refractivity contribution is 6.04. The van der Waals surface area contributed by atoms with E-state index < -0.39 is 11.9 Å². The molecule has 0 aliphatic carbocycles. The molecule has 0 saturated heterocycles. The summed E-state index contributed by atoms with van der Waals surface area (Å²) in [6, 6.07) is 15.6. The maximum absolute atomic E-state index is 13.5. The van der Waals surface area contributed by atoms with Crippen molar-refractivity contribution in [1.82, 2.24) is 19.7 Å². The maximum Gasteiger partial charge on any atom is 0.433 e. The van der Waals surface area contributed by atoms with Crippen LogP contribution in [0, 0.1) is 0 Å². The lowest BCUT2D eigenvalue weighted by Crippen LogP contribution is -2.15. The molecule has 0 bridgehead atoms. The molecule has 1 N–H and O–H groups in total. The Hall–Kier alpha value is -4.01. The highest BCUT2D eigenvalue weighted by Gasteiger charge is 2.36. The zero-order chi connectivity index (χ0) is 21.1. The van der Waals surface area contributed by atoms with Gasteiger partial charge in [-0.1, -0.05) is 18.2 Å². The zero-order valence-electron chi connectivity index (χ0n) is 15.3. The lowest BCUT2D eigenvalue weighted by molar-refractivity contribution is -0.142. The molecule has 0 fully saturated rings. The number of hydrogen-bond acceptors (Lipinski definition) is 4. The highest BCUT2D eigenvalue weighted by atomic mass is 19.4. The van der Waals surface area contributed by atoms with Crippen LogP contribution in [-0.4, -0.2) is 25.7 Å². The standard InChI is InChI=1S/C21H14F3N5O/c22-21(23,24)18-11-17(15-7-4-10-25-12-15)28-29(18)19-9-8-16(13-26-19)27-20(30)14-5-2-1-3-6-14/h1-13H,(H,27,30). The summed E-state index contributed by atoms with van der Waals surface area (Å²) in [5, 5.41) is 6.71. The van der Waals surface area contributed by atoms with Crippen LogP contribution in [0.2, 0.25) is 0 Å². The van der Waals surface area contributed by atoms with E-state index in [9.17, 15) is 18.0 Å². The lowest BCUT2D eigenvalue weighted by atomic mass is 10.2. The van der Waals surface area contributed by atoms with Gasteiger partial charge in [0.2, 0.25) is 0 Å². The van der Waals surface area contributed by atoms with E-state index in [1.54, 1.807) is 42.5 Å². The first-order chi connectivity index (χ1) is 14.4. The SMILES string of the molecule is O=C(Nc1ccc(-n2nc(-c3cccnc3)cc2C(F)(F)F)nc1)c1ccccc1. The van der Waals surface area contributed by atoms with E-state index in [4.69, 9.17) is 0 Å². The monoisotopic (exact) mass is 409 g/mol. The highest BCUT2D eigenvalue weighted by Crippen LogP contribution is 2.33. The molecule has 1 aromatic carbocycles. The Morgan fingerprint density at radius 1 is 0.967 bits per heavy atom. The smallest absolute Gasteiger partial charge is 0.321 e. The number of pyridine rings is 2. The Balaban J connectivity index is 1.64. The summed E-state index contributed by atoms with van der Waals surface area (Å²) in [4.78, 5) is 20.2. The summed E-state index contributed by atoms with van der Waals surface area (Å²) < 4.78 is 41.3. The maximum atomic E-state index is 13.5. The van der Waals surface area contributed by atoms with Gasteiger partial charge in [-0.05, 0) is 42.5 Å². The van der Waals surface area contributed by atoms with Crippen LogP contribution in [0.25, 0.3) is 17.1 Å². The minimum absolute atomic E-state index is 0.0322. The molecular formula is C21H14F3N5O. The number of aromatic nitrogens is 4. The molecule has 0 aliphatic heterocycles. The predicted octanol–water partition coefficient (Wildman–Crippen LogP) is 4.60. The van der Waals surface area contributed by atoms with Gasteiger partial charge in [-0.25, -0.2) is 9.67 Å². The summed E-state index contributed by atoms with van der Waals surface area (Å²) in [5.74, 6) is -0.380. The Morgan fingerprint density at radius 2 is 1.77 bits per heavy atom. The minimum Gasteiger partial charge on any atom is -0.321 e. The van der Waals surface area contributed by atoms with Crippen LogP contribution in [0.5, 0.6) is 0 Å².